The Morgan fingerprint density at radius 3 is 2.25 bits per heavy atom. The van der Waals surface area contributed by atoms with Crippen LogP contribution in [0.25, 0.3) is 11.0 Å². The van der Waals surface area contributed by atoms with Gasteiger partial charge in [-0.05, 0) is 54.0 Å². The summed E-state index contributed by atoms with van der Waals surface area (Å²) >= 11 is 0. The normalized spacial score (nSPS) is 22.0. The van der Waals surface area contributed by atoms with Gasteiger partial charge >= 0.3 is 5.69 Å². The molecular formula is C36H58N4O11. The van der Waals surface area contributed by atoms with Crippen molar-refractivity contribution >= 4 is 22.6 Å². The highest BCUT2D eigenvalue weighted by Gasteiger charge is 2.44. The first kappa shape index (κ1) is 42.4. The number of aliphatic hydroxyl groups is 5. The molecule has 15 nitrogen and oxygen atoms in total. The number of unbranched alkanes of at least 4 members (excludes halogenated alkanes) is 13. The Hall–Kier alpha value is -3.05. The van der Waals surface area contributed by atoms with Crippen LogP contribution in [0.1, 0.15) is 115 Å². The van der Waals surface area contributed by atoms with Crippen LogP contribution in [0.4, 0.5) is 5.69 Å². The molecule has 1 fully saturated rings. The van der Waals surface area contributed by atoms with Gasteiger partial charge in [0.25, 0.3) is 0 Å². The van der Waals surface area contributed by atoms with E-state index in [1.807, 2.05) is 6.08 Å². The standard InChI is InChI=1S/C36H58N4O11/c1-2-3-4-5-6-7-8-9-10-11-12-13-16-19-28(42)26(24-49-36-35(46)34(45)33(44)29(23-41)50-36)37-30(43)20-17-14-15-18-25-21-22-27(40(47)48)32-31(25)38-51-39-32/h16,19,21-22,26,28-29,33-36,41-42,44-46H,2-15,17-18,20,23-24H2,1H3,(H,37,43)/b19-16+/t26-,28+,29+,33-,34-,35+,36+/m0/s1. The summed E-state index contributed by atoms with van der Waals surface area (Å²) in [7, 11) is 0. The molecule has 3 rings (SSSR count). The molecule has 0 radical (unpaired) electrons. The molecular weight excluding hydrogens is 664 g/mol. The molecule has 0 spiro atoms. The van der Waals surface area contributed by atoms with Crippen molar-refractivity contribution in [3.63, 3.8) is 0 Å². The fourth-order valence-electron chi connectivity index (χ4n) is 6.24. The number of benzene rings is 1. The molecule has 51 heavy (non-hydrogen) atoms. The molecule has 2 heterocycles. The number of nitro benzene ring substituents is 1. The van der Waals surface area contributed by atoms with Crippen LogP contribution in [-0.2, 0) is 20.7 Å². The molecule has 15 heteroatoms. The molecule has 0 aliphatic carbocycles. The highest BCUT2D eigenvalue weighted by molar-refractivity contribution is 5.85. The molecule has 0 unspecified atom stereocenters. The van der Waals surface area contributed by atoms with E-state index in [1.54, 1.807) is 12.1 Å². The van der Waals surface area contributed by atoms with E-state index in [9.17, 15) is 40.4 Å². The van der Waals surface area contributed by atoms with E-state index < -0.39 is 54.4 Å². The maximum atomic E-state index is 12.9. The molecule has 288 valence electrons. The third-order valence-corrected chi connectivity index (χ3v) is 9.38. The summed E-state index contributed by atoms with van der Waals surface area (Å²) in [6, 6.07) is 2.09. The smallest absolute Gasteiger partial charge is 0.300 e. The molecule has 1 aliphatic heterocycles. The van der Waals surface area contributed by atoms with Gasteiger partial charge in [-0.3, -0.25) is 14.9 Å². The lowest BCUT2D eigenvalue weighted by Crippen LogP contribution is -2.60. The SMILES string of the molecule is CCCCCCCCCCCCC/C=C/[C@@H](O)[C@H](CO[C@@H]1O[C@H](CO)[C@H](O)[C@H](O)[C@H]1O)NC(=O)CCCCCc1ccc([N+](=O)[O-])c2nonc12. The number of ether oxygens (including phenoxy) is 2. The number of nitrogens with zero attached hydrogens (tertiary/aromatic N) is 3. The van der Waals surface area contributed by atoms with E-state index in [0.29, 0.717) is 31.2 Å². The van der Waals surface area contributed by atoms with Crippen molar-refractivity contribution in [2.75, 3.05) is 13.2 Å². The fourth-order valence-corrected chi connectivity index (χ4v) is 6.24. The summed E-state index contributed by atoms with van der Waals surface area (Å²) in [5.74, 6) is -0.325. The summed E-state index contributed by atoms with van der Waals surface area (Å²) in [4.78, 5) is 23.6. The number of aromatic nitrogens is 2. The molecule has 1 amide bonds. The third kappa shape index (κ3) is 14.1. The predicted molar refractivity (Wildman–Crippen MR) is 189 cm³/mol. The minimum absolute atomic E-state index is 0.0975. The Balaban J connectivity index is 1.45. The van der Waals surface area contributed by atoms with Gasteiger partial charge < -0.3 is 40.3 Å². The minimum Gasteiger partial charge on any atom is -0.394 e. The lowest BCUT2D eigenvalue weighted by Gasteiger charge is -2.40. The van der Waals surface area contributed by atoms with Crippen LogP contribution in [0.3, 0.4) is 0 Å². The maximum Gasteiger partial charge on any atom is 0.300 e. The third-order valence-electron chi connectivity index (χ3n) is 9.38. The second-order valence-corrected chi connectivity index (χ2v) is 13.5. The topological polar surface area (TPSA) is 231 Å². The Labute approximate surface area is 299 Å². The van der Waals surface area contributed by atoms with Crippen LogP contribution in [0.5, 0.6) is 0 Å². The summed E-state index contributed by atoms with van der Waals surface area (Å²) in [5.41, 5.74) is 1.02. The van der Waals surface area contributed by atoms with Gasteiger partial charge in [0.2, 0.25) is 11.4 Å². The van der Waals surface area contributed by atoms with E-state index in [4.69, 9.17) is 14.1 Å². The molecule has 1 aliphatic rings. The zero-order chi connectivity index (χ0) is 37.0. The average Bonchev–Trinajstić information content (AvgIpc) is 3.62. The monoisotopic (exact) mass is 722 g/mol. The van der Waals surface area contributed by atoms with Crippen LogP contribution < -0.4 is 5.32 Å². The Morgan fingerprint density at radius 2 is 1.59 bits per heavy atom. The number of hydrogen-bond acceptors (Lipinski definition) is 13. The zero-order valence-corrected chi connectivity index (χ0v) is 29.8. The van der Waals surface area contributed by atoms with E-state index in [0.717, 1.165) is 24.8 Å². The number of hydrogen-bond donors (Lipinski definition) is 6. The number of allylic oxidation sites excluding steroid dienone is 1. The first-order valence-electron chi connectivity index (χ1n) is 18.6. The van der Waals surface area contributed by atoms with Crippen molar-refractivity contribution < 1.29 is 49.4 Å². The lowest BCUT2D eigenvalue weighted by atomic mass is 9.99. The Morgan fingerprint density at radius 1 is 0.941 bits per heavy atom. The number of nitrogens with one attached hydrogen (secondary N) is 1. The first-order valence-corrected chi connectivity index (χ1v) is 18.6. The van der Waals surface area contributed by atoms with Crippen molar-refractivity contribution in [2.24, 2.45) is 0 Å². The summed E-state index contributed by atoms with van der Waals surface area (Å²) in [5, 5.41) is 72.6. The van der Waals surface area contributed by atoms with Crippen molar-refractivity contribution in [1.82, 2.24) is 15.6 Å². The molecule has 0 saturated carbocycles. The van der Waals surface area contributed by atoms with Gasteiger partial charge in [0.15, 0.2) is 6.29 Å². The van der Waals surface area contributed by atoms with E-state index >= 15 is 0 Å². The number of carbonyl (C=O) groups excluding carboxylic acids is 1. The molecule has 6 N–H and O–H groups in total. The highest BCUT2D eigenvalue weighted by atomic mass is 16.7. The number of rotatable bonds is 26. The Bertz CT molecular complexity index is 1320. The number of non-ortho nitro benzene ring substituents is 1. The van der Waals surface area contributed by atoms with Crippen LogP contribution in [-0.4, -0.2) is 103 Å². The fraction of sp³-hybridized carbons (Fsp3) is 0.750. The molecule has 1 aromatic carbocycles. The van der Waals surface area contributed by atoms with Gasteiger partial charge in [0, 0.05) is 12.5 Å². The zero-order valence-electron chi connectivity index (χ0n) is 29.8. The highest BCUT2D eigenvalue weighted by Crippen LogP contribution is 2.27. The largest absolute Gasteiger partial charge is 0.394 e. The molecule has 2 aromatic rings. The number of aliphatic hydroxyl groups excluding tert-OH is 5. The number of aryl methyl sites for hydroxylation is 1. The van der Waals surface area contributed by atoms with Crippen molar-refractivity contribution in [1.29, 1.82) is 0 Å². The van der Waals surface area contributed by atoms with E-state index in [1.165, 1.54) is 63.9 Å². The van der Waals surface area contributed by atoms with Gasteiger partial charge in [0.1, 0.15) is 29.9 Å². The molecule has 7 atom stereocenters. The van der Waals surface area contributed by atoms with Crippen LogP contribution in [0.15, 0.2) is 28.9 Å². The Kier molecular flexibility index (Phi) is 19.5. The second-order valence-electron chi connectivity index (χ2n) is 13.5. The van der Waals surface area contributed by atoms with Crippen molar-refractivity contribution in [2.45, 2.75) is 159 Å². The quantitative estimate of drug-likeness (QED) is 0.0347. The molecule has 0 bridgehead atoms. The van der Waals surface area contributed by atoms with Crippen LogP contribution in [0.2, 0.25) is 0 Å². The van der Waals surface area contributed by atoms with Crippen LogP contribution in [0, 0.1) is 10.1 Å². The maximum absolute atomic E-state index is 12.9. The van der Waals surface area contributed by atoms with Crippen LogP contribution >= 0.6 is 0 Å². The number of fused-ring (bicyclic) bond motifs is 1. The second kappa shape index (κ2) is 23.5. The van der Waals surface area contributed by atoms with Crippen molar-refractivity contribution in [3.8, 4) is 0 Å². The minimum atomic E-state index is -1.62. The van der Waals surface area contributed by atoms with Gasteiger partial charge in [-0.1, -0.05) is 89.7 Å². The first-order chi connectivity index (χ1) is 24.7. The summed E-state index contributed by atoms with van der Waals surface area (Å²) in [6.45, 7) is 1.34. The molecule has 1 saturated heterocycles. The molecule has 1 aromatic heterocycles. The van der Waals surface area contributed by atoms with Crippen molar-refractivity contribution in [3.05, 3.63) is 40.0 Å². The average molecular weight is 723 g/mol. The number of nitro groups is 1. The lowest BCUT2D eigenvalue weighted by molar-refractivity contribution is -0.383. The summed E-state index contributed by atoms with van der Waals surface area (Å²) < 4.78 is 15.8. The van der Waals surface area contributed by atoms with E-state index in [2.05, 4.69) is 22.6 Å². The van der Waals surface area contributed by atoms with Gasteiger partial charge in [0.05, 0.1) is 30.3 Å². The predicted octanol–water partition coefficient (Wildman–Crippen LogP) is 4.15. The van der Waals surface area contributed by atoms with Gasteiger partial charge in [-0.15, -0.1) is 0 Å². The van der Waals surface area contributed by atoms with E-state index in [-0.39, 0.29) is 30.1 Å². The van der Waals surface area contributed by atoms with Gasteiger partial charge in [-0.25, -0.2) is 4.63 Å². The number of amides is 1. The summed E-state index contributed by atoms with van der Waals surface area (Å²) in [6.07, 6.45) is 12.0. The number of carbonyl (C=O) groups is 1. The van der Waals surface area contributed by atoms with Gasteiger partial charge in [-0.2, -0.15) is 0 Å².